The van der Waals surface area contributed by atoms with Crippen LogP contribution in [0.25, 0.3) is 0 Å². The summed E-state index contributed by atoms with van der Waals surface area (Å²) in [7, 11) is 1.63. The third-order valence-electron chi connectivity index (χ3n) is 4.39. The van der Waals surface area contributed by atoms with Gasteiger partial charge in [-0.15, -0.1) is 5.10 Å². The van der Waals surface area contributed by atoms with E-state index in [1.165, 1.54) is 17.3 Å². The molecule has 1 heterocycles. The molecule has 1 atom stereocenters. The van der Waals surface area contributed by atoms with Gasteiger partial charge >= 0.3 is 0 Å². The summed E-state index contributed by atoms with van der Waals surface area (Å²) in [6.07, 6.45) is 1.74. The number of hydrogen-bond donors (Lipinski definition) is 0. The fourth-order valence-electron chi connectivity index (χ4n) is 2.83. The number of methoxy groups -OCH3 is 1. The monoisotopic (exact) mass is 381 g/mol. The van der Waals surface area contributed by atoms with Crippen LogP contribution < -0.4 is 4.74 Å². The van der Waals surface area contributed by atoms with Gasteiger partial charge in [0.25, 0.3) is 0 Å². The molecule has 6 heteroatoms. The molecule has 5 nitrogen and oxygen atoms in total. The van der Waals surface area contributed by atoms with E-state index in [1.54, 1.807) is 18.2 Å². The molecule has 1 unspecified atom stereocenters. The predicted octanol–water partition coefficient (Wildman–Crippen LogP) is 4.17. The van der Waals surface area contributed by atoms with E-state index < -0.39 is 0 Å². The maximum absolute atomic E-state index is 12.5. The number of carbonyl (C=O) groups is 1. The molecule has 27 heavy (non-hydrogen) atoms. The lowest BCUT2D eigenvalue weighted by molar-refractivity contribution is -0.126. The van der Waals surface area contributed by atoms with E-state index in [0.29, 0.717) is 11.7 Å². The van der Waals surface area contributed by atoms with Crippen molar-refractivity contribution in [1.29, 1.82) is 0 Å². The third kappa shape index (κ3) is 4.57. The Morgan fingerprint density at radius 1 is 1.19 bits per heavy atom. The van der Waals surface area contributed by atoms with Gasteiger partial charge in [0.2, 0.25) is 5.91 Å². The highest BCUT2D eigenvalue weighted by Crippen LogP contribution is 2.28. The number of amides is 1. The minimum Gasteiger partial charge on any atom is -0.497 e. The lowest BCUT2D eigenvalue weighted by atomic mass is 10.1. The number of aryl methyl sites for hydroxylation is 2. The lowest BCUT2D eigenvalue weighted by Crippen LogP contribution is -2.30. The fraction of sp³-hybridized carbons (Fsp3) is 0.286. The van der Waals surface area contributed by atoms with Crippen molar-refractivity contribution in [2.45, 2.75) is 32.6 Å². The molecule has 2 aromatic rings. The molecular weight excluding hydrogens is 358 g/mol. The van der Waals surface area contributed by atoms with Crippen LogP contribution in [0.3, 0.4) is 0 Å². The summed E-state index contributed by atoms with van der Waals surface area (Å²) in [5, 5.41) is 9.03. The number of thioether (sulfide) groups is 1. The van der Waals surface area contributed by atoms with E-state index >= 15 is 0 Å². The Hall–Kier alpha value is -2.60. The Morgan fingerprint density at radius 3 is 2.59 bits per heavy atom. The van der Waals surface area contributed by atoms with Gasteiger partial charge in [0.05, 0.1) is 25.1 Å². The van der Waals surface area contributed by atoms with Gasteiger partial charge in [-0.1, -0.05) is 47.7 Å². The van der Waals surface area contributed by atoms with Crippen molar-refractivity contribution >= 4 is 29.1 Å². The molecule has 0 spiro atoms. The van der Waals surface area contributed by atoms with Gasteiger partial charge in [0, 0.05) is 0 Å². The zero-order valence-electron chi connectivity index (χ0n) is 16.0. The van der Waals surface area contributed by atoms with Crippen LogP contribution in [0.15, 0.2) is 52.7 Å². The van der Waals surface area contributed by atoms with Crippen molar-refractivity contribution in [1.82, 2.24) is 4.90 Å². The van der Waals surface area contributed by atoms with Gasteiger partial charge in [0.1, 0.15) is 5.75 Å². The molecule has 1 saturated heterocycles. The molecule has 0 aromatic heterocycles. The van der Waals surface area contributed by atoms with Crippen molar-refractivity contribution in [2.75, 3.05) is 7.11 Å². The Bertz CT molecular complexity index is 891. The zero-order valence-corrected chi connectivity index (χ0v) is 16.8. The molecular formula is C21H23N3O2S. The van der Waals surface area contributed by atoms with Crippen LogP contribution in [0.5, 0.6) is 5.75 Å². The highest BCUT2D eigenvalue weighted by atomic mass is 32.2. The molecule has 3 rings (SSSR count). The van der Waals surface area contributed by atoms with Gasteiger partial charge in [-0.2, -0.15) is 5.10 Å². The summed E-state index contributed by atoms with van der Waals surface area (Å²) in [6.45, 7) is 6.48. The highest BCUT2D eigenvalue weighted by molar-refractivity contribution is 8.15. The van der Waals surface area contributed by atoms with Gasteiger partial charge in [-0.3, -0.25) is 9.69 Å². The second kappa shape index (κ2) is 8.39. The smallest absolute Gasteiger partial charge is 0.242 e. The number of nitrogens with zero attached hydrogens (tertiary/aromatic N) is 3. The summed E-state index contributed by atoms with van der Waals surface area (Å²) >= 11 is 1.44. The summed E-state index contributed by atoms with van der Waals surface area (Å²) < 4.78 is 5.18. The van der Waals surface area contributed by atoms with Crippen LogP contribution in [0, 0.1) is 13.8 Å². The quantitative estimate of drug-likeness (QED) is 0.577. The second-order valence-corrected chi connectivity index (χ2v) is 7.83. The standard InChI is InChI=1S/C21H23N3O2S/c1-14-5-8-18(15(2)11-14)12-22-23-21-24(20(25)16(3)27-21)13-17-6-9-19(26-4)10-7-17/h5-12,16H,13H2,1-4H3. The average molecular weight is 382 g/mol. The SMILES string of the molecule is COc1ccc(CN2C(=O)C(C)SC2=NN=Cc2ccc(C)cc2C)cc1. The van der Waals surface area contributed by atoms with E-state index in [-0.39, 0.29) is 11.2 Å². The van der Waals surface area contributed by atoms with E-state index in [2.05, 4.69) is 23.2 Å². The summed E-state index contributed by atoms with van der Waals surface area (Å²) in [5.41, 5.74) is 4.41. The van der Waals surface area contributed by atoms with Crippen LogP contribution in [0.2, 0.25) is 0 Å². The highest BCUT2D eigenvalue weighted by Gasteiger charge is 2.35. The summed E-state index contributed by atoms with van der Waals surface area (Å²) in [6, 6.07) is 13.9. The fourth-order valence-corrected chi connectivity index (χ4v) is 3.75. The number of carbonyl (C=O) groups excluding carboxylic acids is 1. The molecule has 0 radical (unpaired) electrons. The van der Waals surface area contributed by atoms with Crippen LogP contribution in [-0.4, -0.2) is 34.5 Å². The first kappa shape index (κ1) is 19.2. The Balaban J connectivity index is 1.78. The number of benzene rings is 2. The van der Waals surface area contributed by atoms with Crippen LogP contribution in [-0.2, 0) is 11.3 Å². The molecule has 0 N–H and O–H groups in total. The minimum atomic E-state index is -0.154. The lowest BCUT2D eigenvalue weighted by Gasteiger charge is -2.15. The average Bonchev–Trinajstić information content (AvgIpc) is 2.92. The largest absolute Gasteiger partial charge is 0.497 e. The topological polar surface area (TPSA) is 54.3 Å². The molecule has 2 aromatic carbocycles. The first-order valence-corrected chi connectivity index (χ1v) is 9.65. The van der Waals surface area contributed by atoms with Crippen molar-refractivity contribution in [3.05, 3.63) is 64.7 Å². The molecule has 140 valence electrons. The maximum Gasteiger partial charge on any atom is 0.242 e. The van der Waals surface area contributed by atoms with Gasteiger partial charge in [-0.25, -0.2) is 0 Å². The van der Waals surface area contributed by atoms with E-state index in [9.17, 15) is 4.79 Å². The molecule has 1 aliphatic rings. The van der Waals surface area contributed by atoms with E-state index in [4.69, 9.17) is 4.74 Å². The molecule has 1 amide bonds. The molecule has 0 bridgehead atoms. The maximum atomic E-state index is 12.5. The van der Waals surface area contributed by atoms with Crippen molar-refractivity contribution in [3.63, 3.8) is 0 Å². The van der Waals surface area contributed by atoms with Crippen LogP contribution >= 0.6 is 11.8 Å². The van der Waals surface area contributed by atoms with Gasteiger partial charge < -0.3 is 4.74 Å². The van der Waals surface area contributed by atoms with Crippen molar-refractivity contribution < 1.29 is 9.53 Å². The molecule has 1 fully saturated rings. The van der Waals surface area contributed by atoms with Crippen molar-refractivity contribution in [3.8, 4) is 5.75 Å². The Kier molecular flexibility index (Phi) is 5.96. The normalized spacial score (nSPS) is 18.7. The minimum absolute atomic E-state index is 0.0521. The molecule has 0 saturated carbocycles. The van der Waals surface area contributed by atoms with E-state index in [0.717, 1.165) is 22.4 Å². The van der Waals surface area contributed by atoms with Crippen molar-refractivity contribution in [2.24, 2.45) is 10.2 Å². The number of rotatable bonds is 5. The third-order valence-corrected chi connectivity index (χ3v) is 5.46. The number of ether oxygens (including phenoxy) is 1. The first-order chi connectivity index (χ1) is 13.0. The summed E-state index contributed by atoms with van der Waals surface area (Å²) in [4.78, 5) is 14.2. The Morgan fingerprint density at radius 2 is 1.93 bits per heavy atom. The van der Waals surface area contributed by atoms with Gasteiger partial charge in [0.15, 0.2) is 5.17 Å². The zero-order chi connectivity index (χ0) is 19.4. The molecule has 1 aliphatic heterocycles. The number of amidine groups is 1. The van der Waals surface area contributed by atoms with Crippen LogP contribution in [0.1, 0.15) is 29.2 Å². The first-order valence-electron chi connectivity index (χ1n) is 8.77. The predicted molar refractivity (Wildman–Crippen MR) is 112 cm³/mol. The second-order valence-electron chi connectivity index (χ2n) is 6.52. The molecule has 0 aliphatic carbocycles. The summed E-state index contributed by atoms with van der Waals surface area (Å²) in [5.74, 6) is 0.845. The van der Waals surface area contributed by atoms with E-state index in [1.807, 2.05) is 50.2 Å². The van der Waals surface area contributed by atoms with Crippen LogP contribution in [0.4, 0.5) is 0 Å². The van der Waals surface area contributed by atoms with Gasteiger partial charge in [-0.05, 0) is 49.6 Å². The Labute approximate surface area is 164 Å². The number of hydrogen-bond acceptors (Lipinski definition) is 5.